The second kappa shape index (κ2) is 5.89. The van der Waals surface area contributed by atoms with Gasteiger partial charge in [-0.05, 0) is 25.7 Å². The molecule has 5 atom stereocenters. The molecule has 0 bridgehead atoms. The molecule has 3 aliphatic heterocycles. The van der Waals surface area contributed by atoms with Gasteiger partial charge in [0.1, 0.15) is 24.4 Å². The zero-order valence-corrected chi connectivity index (χ0v) is 14.2. The number of ether oxygens (including phenoxy) is 5. The lowest BCUT2D eigenvalue weighted by molar-refractivity contribution is -0.260. The molecule has 6 heteroatoms. The van der Waals surface area contributed by atoms with Crippen molar-refractivity contribution in [2.45, 2.75) is 106 Å². The first-order valence-corrected chi connectivity index (χ1v) is 9.70. The molecule has 2 aliphatic carbocycles. The monoisotopic (exact) mass is 340 g/mol. The summed E-state index contributed by atoms with van der Waals surface area (Å²) in [4.78, 5) is 0. The molecule has 5 rings (SSSR count). The fourth-order valence-electron chi connectivity index (χ4n) is 5.17. The fourth-order valence-corrected chi connectivity index (χ4v) is 5.17. The Labute approximate surface area is 142 Å². The van der Waals surface area contributed by atoms with E-state index in [2.05, 4.69) is 0 Å². The first kappa shape index (κ1) is 16.0. The highest BCUT2D eigenvalue weighted by molar-refractivity contribution is 5.01. The predicted molar refractivity (Wildman–Crippen MR) is 83.1 cm³/mol. The SMILES string of the molecule is O[C@@H]1O[C@@H]([C@@H]2COC3(CCCCC3)O2)[C@H]2OC3(CCCCC3)O[C@@H]21. The third kappa shape index (κ3) is 2.54. The summed E-state index contributed by atoms with van der Waals surface area (Å²) >= 11 is 0. The number of fused-ring (bicyclic) bond motifs is 1. The molecule has 5 aliphatic rings. The zero-order chi connectivity index (χ0) is 16.2. The largest absolute Gasteiger partial charge is 0.366 e. The Morgan fingerprint density at radius 3 is 2.00 bits per heavy atom. The highest BCUT2D eigenvalue weighted by atomic mass is 16.8. The van der Waals surface area contributed by atoms with Crippen molar-refractivity contribution in [2.75, 3.05) is 6.61 Å². The van der Waals surface area contributed by atoms with Crippen molar-refractivity contribution in [3.05, 3.63) is 0 Å². The van der Waals surface area contributed by atoms with E-state index >= 15 is 0 Å². The van der Waals surface area contributed by atoms with Crippen molar-refractivity contribution < 1.29 is 28.8 Å². The molecule has 0 amide bonds. The molecule has 0 radical (unpaired) electrons. The molecule has 0 aromatic carbocycles. The van der Waals surface area contributed by atoms with Crippen LogP contribution in [0.3, 0.4) is 0 Å². The number of aliphatic hydroxyl groups excluding tert-OH is 1. The van der Waals surface area contributed by atoms with Crippen LogP contribution in [0, 0.1) is 0 Å². The van der Waals surface area contributed by atoms with E-state index in [4.69, 9.17) is 23.7 Å². The molecule has 0 aromatic heterocycles. The van der Waals surface area contributed by atoms with Crippen molar-refractivity contribution in [3.8, 4) is 0 Å². The van der Waals surface area contributed by atoms with Gasteiger partial charge in [-0.15, -0.1) is 0 Å². The lowest BCUT2D eigenvalue weighted by Gasteiger charge is -2.35. The summed E-state index contributed by atoms with van der Waals surface area (Å²) in [6.45, 7) is 0.511. The van der Waals surface area contributed by atoms with E-state index in [1.165, 1.54) is 12.8 Å². The Kier molecular flexibility index (Phi) is 3.92. The summed E-state index contributed by atoms with van der Waals surface area (Å²) < 4.78 is 30.6. The Balaban J connectivity index is 1.30. The van der Waals surface area contributed by atoms with Crippen LogP contribution in [-0.4, -0.2) is 54.0 Å². The smallest absolute Gasteiger partial charge is 0.184 e. The third-order valence-corrected chi connectivity index (χ3v) is 6.40. The van der Waals surface area contributed by atoms with E-state index in [1.807, 2.05) is 0 Å². The Morgan fingerprint density at radius 2 is 1.29 bits per heavy atom. The van der Waals surface area contributed by atoms with Crippen LogP contribution in [0.15, 0.2) is 0 Å². The van der Waals surface area contributed by atoms with E-state index < -0.39 is 24.0 Å². The second-order valence-electron chi connectivity index (χ2n) is 8.07. The second-order valence-corrected chi connectivity index (χ2v) is 8.07. The van der Waals surface area contributed by atoms with Crippen molar-refractivity contribution >= 4 is 0 Å². The van der Waals surface area contributed by atoms with Gasteiger partial charge in [0.2, 0.25) is 0 Å². The van der Waals surface area contributed by atoms with Gasteiger partial charge >= 0.3 is 0 Å². The van der Waals surface area contributed by atoms with Crippen molar-refractivity contribution in [3.63, 3.8) is 0 Å². The highest BCUT2D eigenvalue weighted by Crippen LogP contribution is 2.48. The number of hydrogen-bond donors (Lipinski definition) is 1. The van der Waals surface area contributed by atoms with Crippen molar-refractivity contribution in [2.24, 2.45) is 0 Å². The van der Waals surface area contributed by atoms with Gasteiger partial charge in [0.15, 0.2) is 17.9 Å². The van der Waals surface area contributed by atoms with Crippen LogP contribution in [0.2, 0.25) is 0 Å². The molecule has 6 nitrogen and oxygen atoms in total. The quantitative estimate of drug-likeness (QED) is 0.789. The first-order valence-electron chi connectivity index (χ1n) is 9.70. The summed E-state index contributed by atoms with van der Waals surface area (Å²) in [6.07, 6.45) is 8.64. The molecule has 0 unspecified atom stereocenters. The molecular weight excluding hydrogens is 312 g/mol. The van der Waals surface area contributed by atoms with Gasteiger partial charge in [0, 0.05) is 25.7 Å². The summed E-state index contributed by atoms with van der Waals surface area (Å²) in [5.41, 5.74) is 0. The Morgan fingerprint density at radius 1 is 0.667 bits per heavy atom. The van der Waals surface area contributed by atoms with Gasteiger partial charge < -0.3 is 28.8 Å². The lowest BCUT2D eigenvalue weighted by atomic mass is 9.94. The molecule has 1 N–H and O–H groups in total. The highest BCUT2D eigenvalue weighted by Gasteiger charge is 2.61. The van der Waals surface area contributed by atoms with Gasteiger partial charge in [-0.1, -0.05) is 12.8 Å². The Hall–Kier alpha value is -0.240. The minimum absolute atomic E-state index is 0.185. The molecular formula is C18H28O6. The average Bonchev–Trinajstić information content (AvgIpc) is 3.24. The first-order chi connectivity index (χ1) is 11.7. The number of aliphatic hydroxyl groups is 1. The zero-order valence-electron chi connectivity index (χ0n) is 14.2. The maximum Gasteiger partial charge on any atom is 0.184 e. The van der Waals surface area contributed by atoms with Crippen LogP contribution >= 0.6 is 0 Å². The molecule has 24 heavy (non-hydrogen) atoms. The van der Waals surface area contributed by atoms with Crippen LogP contribution in [-0.2, 0) is 23.7 Å². The maximum absolute atomic E-state index is 10.3. The van der Waals surface area contributed by atoms with Crippen LogP contribution < -0.4 is 0 Å². The van der Waals surface area contributed by atoms with Crippen molar-refractivity contribution in [1.82, 2.24) is 0 Å². The summed E-state index contributed by atoms with van der Waals surface area (Å²) in [5.74, 6) is -0.949. The predicted octanol–water partition coefficient (Wildman–Crippen LogP) is 2.22. The van der Waals surface area contributed by atoms with E-state index in [0.29, 0.717) is 6.61 Å². The van der Waals surface area contributed by atoms with Crippen molar-refractivity contribution in [1.29, 1.82) is 0 Å². The Bertz CT molecular complexity index is 470. The molecule has 136 valence electrons. The molecule has 3 saturated heterocycles. The summed E-state index contributed by atoms with van der Waals surface area (Å²) in [5, 5.41) is 10.3. The standard InChI is InChI=1S/C18H28O6/c19-16-15-14(23-18(24-15)9-5-2-6-10-18)13(21-16)12-11-20-17(22-12)7-3-1-4-8-17/h12-16,19H,1-11H2/t12-,13-,14+,15-,16+/m0/s1. The lowest BCUT2D eigenvalue weighted by Crippen LogP contribution is -2.43. The minimum Gasteiger partial charge on any atom is -0.366 e. The van der Waals surface area contributed by atoms with E-state index in [-0.39, 0.29) is 18.3 Å². The van der Waals surface area contributed by atoms with Crippen LogP contribution in [0.25, 0.3) is 0 Å². The third-order valence-electron chi connectivity index (χ3n) is 6.40. The van der Waals surface area contributed by atoms with E-state index in [0.717, 1.165) is 51.4 Å². The molecule has 3 heterocycles. The topological polar surface area (TPSA) is 66.4 Å². The average molecular weight is 340 g/mol. The van der Waals surface area contributed by atoms with Gasteiger partial charge in [-0.3, -0.25) is 0 Å². The molecule has 2 saturated carbocycles. The van der Waals surface area contributed by atoms with E-state index in [1.54, 1.807) is 0 Å². The summed E-state index contributed by atoms with van der Waals surface area (Å²) in [7, 11) is 0. The minimum atomic E-state index is -0.937. The van der Waals surface area contributed by atoms with E-state index in [9.17, 15) is 5.11 Å². The van der Waals surface area contributed by atoms with Gasteiger partial charge in [-0.2, -0.15) is 0 Å². The van der Waals surface area contributed by atoms with Gasteiger partial charge in [-0.25, -0.2) is 0 Å². The molecule has 2 spiro atoms. The summed E-state index contributed by atoms with van der Waals surface area (Å²) in [6, 6.07) is 0. The maximum atomic E-state index is 10.3. The fraction of sp³-hybridized carbons (Fsp3) is 1.00. The molecule has 5 fully saturated rings. The van der Waals surface area contributed by atoms with Gasteiger partial charge in [0.05, 0.1) is 6.61 Å². The molecule has 0 aromatic rings. The number of hydrogen-bond acceptors (Lipinski definition) is 6. The van der Waals surface area contributed by atoms with Crippen LogP contribution in [0.5, 0.6) is 0 Å². The van der Waals surface area contributed by atoms with Crippen LogP contribution in [0.1, 0.15) is 64.2 Å². The number of rotatable bonds is 1. The van der Waals surface area contributed by atoms with Crippen LogP contribution in [0.4, 0.5) is 0 Å². The normalized spacial score (nSPS) is 46.6. The van der Waals surface area contributed by atoms with Gasteiger partial charge in [0.25, 0.3) is 0 Å².